The molecule has 1 saturated heterocycles. The normalized spacial score (nSPS) is 19.8. The van der Waals surface area contributed by atoms with Crippen molar-refractivity contribution in [3.8, 4) is 0 Å². The van der Waals surface area contributed by atoms with Crippen LogP contribution < -0.4 is 10.2 Å². The number of piperidine rings is 1. The Hall–Kier alpha value is -2.17. The van der Waals surface area contributed by atoms with E-state index >= 15 is 0 Å². The fourth-order valence-electron chi connectivity index (χ4n) is 3.45. The zero-order chi connectivity index (χ0) is 18.5. The number of halogens is 1. The average molecular weight is 372 g/mol. The van der Waals surface area contributed by atoms with Crippen LogP contribution in [0, 0.1) is 12.8 Å². The topological polar surface area (TPSA) is 50.6 Å². The summed E-state index contributed by atoms with van der Waals surface area (Å²) in [5, 5.41) is 3.62. The molecule has 0 saturated carbocycles. The van der Waals surface area contributed by atoms with Crippen molar-refractivity contribution < 1.29 is 14.5 Å². The minimum absolute atomic E-state index is 0.0248. The number of hydrogen-bond acceptors (Lipinski definition) is 2. The van der Waals surface area contributed by atoms with Gasteiger partial charge in [0.25, 0.3) is 5.91 Å². The second-order valence-electron chi connectivity index (χ2n) is 6.94. The number of ketones is 1. The Kier molecular flexibility index (Phi) is 6.07. The molecule has 0 unspecified atom stereocenters. The highest BCUT2D eigenvalue weighted by molar-refractivity contribution is 6.30. The van der Waals surface area contributed by atoms with Gasteiger partial charge in [-0.05, 0) is 42.8 Å². The van der Waals surface area contributed by atoms with Gasteiger partial charge in [0.2, 0.25) is 0 Å². The maximum atomic E-state index is 12.6. The van der Waals surface area contributed by atoms with E-state index in [2.05, 4.69) is 5.32 Å². The number of amides is 1. The summed E-state index contributed by atoms with van der Waals surface area (Å²) in [6.07, 6.45) is 1.63. The van der Waals surface area contributed by atoms with E-state index in [0.717, 1.165) is 42.7 Å². The molecule has 0 bridgehead atoms. The molecule has 1 fully saturated rings. The molecular formula is C21H24ClN2O2+. The van der Waals surface area contributed by atoms with Crippen molar-refractivity contribution in [1.82, 2.24) is 0 Å². The Morgan fingerprint density at radius 3 is 2.38 bits per heavy atom. The first-order chi connectivity index (χ1) is 12.5. The van der Waals surface area contributed by atoms with Gasteiger partial charge < -0.3 is 10.2 Å². The van der Waals surface area contributed by atoms with Crippen LogP contribution in [0.5, 0.6) is 0 Å². The molecule has 26 heavy (non-hydrogen) atoms. The molecule has 3 rings (SSSR count). The lowest BCUT2D eigenvalue weighted by atomic mass is 9.89. The predicted molar refractivity (Wildman–Crippen MR) is 104 cm³/mol. The minimum Gasteiger partial charge on any atom is -0.327 e. The van der Waals surface area contributed by atoms with Crippen LogP contribution in [0.1, 0.15) is 28.8 Å². The molecular weight excluding hydrogens is 348 g/mol. The van der Waals surface area contributed by atoms with E-state index in [-0.39, 0.29) is 17.6 Å². The van der Waals surface area contributed by atoms with Gasteiger partial charge in [0.1, 0.15) is 0 Å². The summed E-state index contributed by atoms with van der Waals surface area (Å²) in [5.74, 6) is 0.251. The van der Waals surface area contributed by atoms with Crippen LogP contribution in [0.3, 0.4) is 0 Å². The second kappa shape index (κ2) is 8.47. The molecule has 1 heterocycles. The largest absolute Gasteiger partial charge is 0.327 e. The number of Topliss-reactive ketones (excluding diaryl/α,β-unsaturated/α-hetero) is 1. The van der Waals surface area contributed by atoms with Crippen molar-refractivity contribution in [2.75, 3.05) is 25.0 Å². The number of benzene rings is 2. The SMILES string of the molecule is Cc1ccccc1NC(=O)C[NH+]1CCC(C(=O)c2ccc(Cl)cc2)CC1. The molecule has 1 aliphatic rings. The first kappa shape index (κ1) is 18.6. The van der Waals surface area contributed by atoms with E-state index in [1.807, 2.05) is 31.2 Å². The molecule has 0 atom stereocenters. The highest BCUT2D eigenvalue weighted by atomic mass is 35.5. The number of hydrogen-bond donors (Lipinski definition) is 2. The van der Waals surface area contributed by atoms with Crippen molar-refractivity contribution in [1.29, 1.82) is 0 Å². The Labute approximate surface area is 159 Å². The summed E-state index contributed by atoms with van der Waals surface area (Å²) >= 11 is 5.88. The van der Waals surface area contributed by atoms with Crippen LogP contribution in [0.15, 0.2) is 48.5 Å². The van der Waals surface area contributed by atoms with Crippen LogP contribution >= 0.6 is 11.6 Å². The number of nitrogens with one attached hydrogen (secondary N) is 2. The van der Waals surface area contributed by atoms with Crippen molar-refractivity contribution >= 4 is 29.0 Å². The summed E-state index contributed by atoms with van der Waals surface area (Å²) in [7, 11) is 0. The first-order valence-corrected chi connectivity index (χ1v) is 9.39. The standard InChI is InChI=1S/C21H23ClN2O2/c1-15-4-2-3-5-19(15)23-20(25)14-24-12-10-17(11-13-24)21(26)16-6-8-18(22)9-7-16/h2-9,17H,10-14H2,1H3,(H,23,25)/p+1. The highest BCUT2D eigenvalue weighted by Gasteiger charge is 2.29. The highest BCUT2D eigenvalue weighted by Crippen LogP contribution is 2.19. The average Bonchev–Trinajstić information content (AvgIpc) is 2.64. The van der Waals surface area contributed by atoms with E-state index in [1.165, 1.54) is 4.90 Å². The molecule has 136 valence electrons. The van der Waals surface area contributed by atoms with Gasteiger partial charge in [-0.25, -0.2) is 0 Å². The van der Waals surface area contributed by atoms with Gasteiger partial charge >= 0.3 is 0 Å². The summed E-state index contributed by atoms with van der Waals surface area (Å²) in [6.45, 7) is 4.10. The Morgan fingerprint density at radius 2 is 1.73 bits per heavy atom. The van der Waals surface area contributed by atoms with Crippen LogP contribution in [0.4, 0.5) is 5.69 Å². The molecule has 0 radical (unpaired) electrons. The third kappa shape index (κ3) is 4.71. The molecule has 2 aromatic carbocycles. The Morgan fingerprint density at radius 1 is 1.08 bits per heavy atom. The summed E-state index contributed by atoms with van der Waals surface area (Å²) in [4.78, 5) is 26.1. The Bertz CT molecular complexity index is 781. The molecule has 1 aliphatic heterocycles. The second-order valence-corrected chi connectivity index (χ2v) is 7.37. The van der Waals surface area contributed by atoms with E-state index in [4.69, 9.17) is 11.6 Å². The van der Waals surface area contributed by atoms with Crippen molar-refractivity contribution in [3.05, 3.63) is 64.7 Å². The lowest BCUT2D eigenvalue weighted by molar-refractivity contribution is -0.897. The van der Waals surface area contributed by atoms with Gasteiger partial charge in [-0.1, -0.05) is 29.8 Å². The van der Waals surface area contributed by atoms with Gasteiger partial charge in [-0.15, -0.1) is 0 Å². The molecule has 2 N–H and O–H groups in total. The van der Waals surface area contributed by atoms with Crippen LogP contribution in [0.25, 0.3) is 0 Å². The van der Waals surface area contributed by atoms with Gasteiger partial charge in [0.15, 0.2) is 12.3 Å². The molecule has 2 aromatic rings. The Balaban J connectivity index is 1.49. The zero-order valence-corrected chi connectivity index (χ0v) is 15.7. The summed E-state index contributed by atoms with van der Waals surface area (Å²) < 4.78 is 0. The third-order valence-electron chi connectivity index (χ3n) is 5.02. The lowest BCUT2D eigenvalue weighted by Crippen LogP contribution is -3.14. The van der Waals surface area contributed by atoms with Gasteiger partial charge in [0.05, 0.1) is 13.1 Å². The maximum absolute atomic E-state index is 12.6. The van der Waals surface area contributed by atoms with Gasteiger partial charge in [0, 0.05) is 35.0 Å². The lowest BCUT2D eigenvalue weighted by Gasteiger charge is -2.28. The molecule has 1 amide bonds. The van der Waals surface area contributed by atoms with E-state index in [9.17, 15) is 9.59 Å². The number of anilines is 1. The third-order valence-corrected chi connectivity index (χ3v) is 5.27. The minimum atomic E-state index is 0.0248. The zero-order valence-electron chi connectivity index (χ0n) is 14.9. The quantitative estimate of drug-likeness (QED) is 0.794. The van der Waals surface area contributed by atoms with Gasteiger partial charge in [-0.2, -0.15) is 0 Å². The van der Waals surface area contributed by atoms with Crippen LogP contribution in [-0.4, -0.2) is 31.3 Å². The number of carbonyl (C=O) groups excluding carboxylic acids is 2. The number of rotatable bonds is 5. The van der Waals surface area contributed by atoms with E-state index in [0.29, 0.717) is 11.6 Å². The number of likely N-dealkylation sites (tertiary alicyclic amines) is 1. The van der Waals surface area contributed by atoms with Gasteiger partial charge in [-0.3, -0.25) is 9.59 Å². The molecule has 0 aliphatic carbocycles. The summed E-state index contributed by atoms with van der Waals surface area (Å²) in [5.41, 5.74) is 2.65. The first-order valence-electron chi connectivity index (χ1n) is 9.02. The smallest absolute Gasteiger partial charge is 0.279 e. The number of quaternary nitrogens is 1. The number of aryl methyl sites for hydroxylation is 1. The molecule has 0 spiro atoms. The monoisotopic (exact) mass is 371 g/mol. The number of carbonyl (C=O) groups is 2. The summed E-state index contributed by atoms with van der Waals surface area (Å²) in [6, 6.07) is 14.9. The van der Waals surface area contributed by atoms with Crippen LogP contribution in [-0.2, 0) is 4.79 Å². The van der Waals surface area contributed by atoms with E-state index in [1.54, 1.807) is 24.3 Å². The maximum Gasteiger partial charge on any atom is 0.279 e. The van der Waals surface area contributed by atoms with E-state index < -0.39 is 0 Å². The molecule has 5 heteroatoms. The molecule has 0 aromatic heterocycles. The van der Waals surface area contributed by atoms with Crippen molar-refractivity contribution in [2.45, 2.75) is 19.8 Å². The molecule has 4 nitrogen and oxygen atoms in total. The predicted octanol–water partition coefficient (Wildman–Crippen LogP) is 2.76. The van der Waals surface area contributed by atoms with Crippen LogP contribution in [0.2, 0.25) is 5.02 Å². The fourth-order valence-corrected chi connectivity index (χ4v) is 3.58. The number of para-hydroxylation sites is 1. The van der Waals surface area contributed by atoms with Crippen molar-refractivity contribution in [3.63, 3.8) is 0 Å². The fraction of sp³-hybridized carbons (Fsp3) is 0.333. The van der Waals surface area contributed by atoms with Crippen molar-refractivity contribution in [2.24, 2.45) is 5.92 Å².